The fourth-order valence-corrected chi connectivity index (χ4v) is 2.55. The smallest absolute Gasteiger partial charge is 0.157 e. The molecule has 1 aliphatic carbocycles. The van der Waals surface area contributed by atoms with Crippen LogP contribution in [-0.4, -0.2) is 12.3 Å². The summed E-state index contributed by atoms with van der Waals surface area (Å²) in [5.41, 5.74) is 5.37. The molecule has 0 saturated heterocycles. The number of nitrogens with zero attached hydrogens (tertiary/aromatic N) is 1. The van der Waals surface area contributed by atoms with Crippen molar-refractivity contribution in [2.75, 3.05) is 0 Å². The van der Waals surface area contributed by atoms with Crippen LogP contribution in [0.5, 0.6) is 0 Å². The van der Waals surface area contributed by atoms with Crippen molar-refractivity contribution in [1.29, 1.82) is 0 Å². The van der Waals surface area contributed by atoms with E-state index in [-0.39, 0.29) is 6.10 Å². The zero-order chi connectivity index (χ0) is 13.2. The first-order chi connectivity index (χ1) is 9.22. The summed E-state index contributed by atoms with van der Waals surface area (Å²) in [6, 6.07) is 8.95. The Balaban J connectivity index is 1.70. The van der Waals surface area contributed by atoms with E-state index in [1.165, 1.54) is 22.3 Å². The molecule has 0 radical (unpaired) electrons. The molecule has 0 N–H and O–H groups in total. The highest BCUT2D eigenvalue weighted by atomic mass is 16.6. The van der Waals surface area contributed by atoms with Crippen molar-refractivity contribution in [2.24, 2.45) is 5.16 Å². The molecule has 19 heavy (non-hydrogen) atoms. The van der Waals surface area contributed by atoms with Gasteiger partial charge in [0.15, 0.2) is 6.10 Å². The Morgan fingerprint density at radius 3 is 2.74 bits per heavy atom. The molecule has 1 aromatic carbocycles. The van der Waals surface area contributed by atoms with E-state index in [1.54, 1.807) is 0 Å². The van der Waals surface area contributed by atoms with Gasteiger partial charge in [-0.25, -0.2) is 0 Å². The first-order valence-electron chi connectivity index (χ1n) is 6.90. The molecule has 0 aromatic heterocycles. The topological polar surface area (TPSA) is 21.6 Å². The molecule has 2 aliphatic rings. The first kappa shape index (κ1) is 12.2. The molecule has 0 bridgehead atoms. The number of hydrogen-bond acceptors (Lipinski definition) is 2. The van der Waals surface area contributed by atoms with Crippen LogP contribution >= 0.6 is 0 Å². The van der Waals surface area contributed by atoms with Crippen molar-refractivity contribution in [1.82, 2.24) is 0 Å². The van der Waals surface area contributed by atoms with Crippen LogP contribution in [0.15, 0.2) is 52.7 Å². The van der Waals surface area contributed by atoms with Gasteiger partial charge in [-0.1, -0.05) is 61.0 Å². The summed E-state index contributed by atoms with van der Waals surface area (Å²) in [5, 5.41) is 3.87. The van der Waals surface area contributed by atoms with Gasteiger partial charge in [0.05, 0.1) is 6.21 Å². The van der Waals surface area contributed by atoms with Gasteiger partial charge in [-0.05, 0) is 23.5 Å². The maximum Gasteiger partial charge on any atom is 0.157 e. The molecular formula is C17H19NO. The van der Waals surface area contributed by atoms with Crippen LogP contribution in [-0.2, 0) is 11.3 Å². The van der Waals surface area contributed by atoms with E-state index < -0.39 is 0 Å². The Labute approximate surface area is 114 Å². The maximum absolute atomic E-state index is 5.34. The maximum atomic E-state index is 5.34. The van der Waals surface area contributed by atoms with Crippen molar-refractivity contribution in [3.63, 3.8) is 0 Å². The van der Waals surface area contributed by atoms with Crippen molar-refractivity contribution >= 4 is 6.21 Å². The molecule has 3 rings (SSSR count). The predicted molar refractivity (Wildman–Crippen MR) is 78.4 cm³/mol. The van der Waals surface area contributed by atoms with Crippen molar-refractivity contribution in [3.05, 3.63) is 58.7 Å². The van der Waals surface area contributed by atoms with Crippen molar-refractivity contribution in [2.45, 2.75) is 38.7 Å². The lowest BCUT2D eigenvalue weighted by atomic mass is 9.91. The van der Waals surface area contributed by atoms with Gasteiger partial charge in [0.2, 0.25) is 0 Å². The number of allylic oxidation sites excluding steroid dienone is 2. The lowest BCUT2D eigenvalue weighted by molar-refractivity contribution is 0.103. The van der Waals surface area contributed by atoms with Gasteiger partial charge >= 0.3 is 0 Å². The van der Waals surface area contributed by atoms with Gasteiger partial charge in [-0.15, -0.1) is 0 Å². The van der Waals surface area contributed by atoms with Crippen LogP contribution in [0.4, 0.5) is 0 Å². The summed E-state index contributed by atoms with van der Waals surface area (Å²) in [4.78, 5) is 5.34. The van der Waals surface area contributed by atoms with Crippen LogP contribution in [0.25, 0.3) is 0 Å². The minimum Gasteiger partial charge on any atom is -0.387 e. The zero-order valence-corrected chi connectivity index (χ0v) is 11.5. The summed E-state index contributed by atoms with van der Waals surface area (Å²) in [7, 11) is 0. The van der Waals surface area contributed by atoms with Crippen LogP contribution in [0.1, 0.15) is 37.3 Å². The molecule has 2 nitrogen and oxygen atoms in total. The molecule has 1 aromatic rings. The third-order valence-corrected chi connectivity index (χ3v) is 3.80. The standard InChI is InChI=1S/C17H19NO/c1-12(2)15-6-3-13(4-7-15)9-14-5-8-16-11-18-19-17(16)10-14/h3-8,11-12,17H,9-10H2,1-2H3/t17-/m1/s1. The fourth-order valence-electron chi connectivity index (χ4n) is 2.55. The predicted octanol–water partition coefficient (Wildman–Crippen LogP) is 3.99. The number of fused-ring (bicyclic) bond motifs is 1. The van der Waals surface area contributed by atoms with Crippen molar-refractivity contribution < 1.29 is 4.84 Å². The van der Waals surface area contributed by atoms with E-state index in [4.69, 9.17) is 4.84 Å². The van der Waals surface area contributed by atoms with Gasteiger partial charge < -0.3 is 4.84 Å². The van der Waals surface area contributed by atoms with Crippen LogP contribution in [0.2, 0.25) is 0 Å². The highest BCUT2D eigenvalue weighted by Crippen LogP contribution is 2.27. The molecule has 0 spiro atoms. The normalized spacial score (nSPS) is 20.9. The Morgan fingerprint density at radius 1 is 1.21 bits per heavy atom. The summed E-state index contributed by atoms with van der Waals surface area (Å²) in [5.74, 6) is 0.595. The van der Waals surface area contributed by atoms with E-state index in [2.05, 4.69) is 55.4 Å². The van der Waals surface area contributed by atoms with Gasteiger partial charge in [0, 0.05) is 12.0 Å². The fraction of sp³-hybridized carbons (Fsp3) is 0.353. The van der Waals surface area contributed by atoms with Crippen LogP contribution in [0, 0.1) is 0 Å². The SMILES string of the molecule is CC(C)c1ccc(CC2=CC=C3C=NO[C@@H]3C2)cc1. The molecule has 2 heteroatoms. The first-order valence-corrected chi connectivity index (χ1v) is 6.90. The minimum absolute atomic E-state index is 0.148. The van der Waals surface area contributed by atoms with Gasteiger partial charge in [0.1, 0.15) is 0 Å². The summed E-state index contributed by atoms with van der Waals surface area (Å²) >= 11 is 0. The van der Waals surface area contributed by atoms with Gasteiger partial charge in [0.25, 0.3) is 0 Å². The van der Waals surface area contributed by atoms with Crippen LogP contribution < -0.4 is 0 Å². The second-order valence-corrected chi connectivity index (χ2v) is 5.60. The van der Waals surface area contributed by atoms with Gasteiger partial charge in [-0.3, -0.25) is 0 Å². The Morgan fingerprint density at radius 2 is 2.00 bits per heavy atom. The highest BCUT2D eigenvalue weighted by Gasteiger charge is 2.23. The molecule has 1 atom stereocenters. The molecule has 98 valence electrons. The number of rotatable bonds is 3. The zero-order valence-electron chi connectivity index (χ0n) is 11.5. The molecule has 0 amide bonds. The third kappa shape index (κ3) is 2.62. The lowest BCUT2D eigenvalue weighted by Gasteiger charge is -2.17. The van der Waals surface area contributed by atoms with E-state index in [9.17, 15) is 0 Å². The molecule has 1 heterocycles. The van der Waals surface area contributed by atoms with E-state index in [0.717, 1.165) is 12.8 Å². The average Bonchev–Trinajstić information content (AvgIpc) is 2.87. The number of hydrogen-bond donors (Lipinski definition) is 0. The van der Waals surface area contributed by atoms with E-state index in [1.807, 2.05) is 6.21 Å². The van der Waals surface area contributed by atoms with E-state index in [0.29, 0.717) is 5.92 Å². The summed E-state index contributed by atoms with van der Waals surface area (Å²) < 4.78 is 0. The quantitative estimate of drug-likeness (QED) is 0.798. The molecule has 0 fully saturated rings. The van der Waals surface area contributed by atoms with Crippen LogP contribution in [0.3, 0.4) is 0 Å². The molecule has 1 aliphatic heterocycles. The monoisotopic (exact) mass is 253 g/mol. The van der Waals surface area contributed by atoms with Gasteiger partial charge in [-0.2, -0.15) is 0 Å². The molecule has 0 unspecified atom stereocenters. The second kappa shape index (κ2) is 5.04. The van der Waals surface area contributed by atoms with Crippen molar-refractivity contribution in [3.8, 4) is 0 Å². The van der Waals surface area contributed by atoms with E-state index >= 15 is 0 Å². The lowest BCUT2D eigenvalue weighted by Crippen LogP contribution is -2.14. The summed E-state index contributed by atoms with van der Waals surface area (Å²) in [6.45, 7) is 4.45. The average molecular weight is 253 g/mol. The largest absolute Gasteiger partial charge is 0.387 e. The highest BCUT2D eigenvalue weighted by molar-refractivity contribution is 5.82. The Kier molecular flexibility index (Phi) is 3.24. The Bertz CT molecular complexity index is 549. The third-order valence-electron chi connectivity index (χ3n) is 3.80. The summed E-state index contributed by atoms with van der Waals surface area (Å²) in [6.07, 6.45) is 8.26. The number of oxime groups is 1. The molecule has 0 saturated carbocycles. The molecular weight excluding hydrogens is 234 g/mol. The Hall–Kier alpha value is -1.83. The second-order valence-electron chi connectivity index (χ2n) is 5.60. The number of benzene rings is 1. The minimum atomic E-state index is 0.148.